The minimum atomic E-state index is -0.509. The van der Waals surface area contributed by atoms with Gasteiger partial charge in [0.1, 0.15) is 19.0 Å². The summed E-state index contributed by atoms with van der Waals surface area (Å²) in [5.74, 6) is 0.0221. The molecule has 0 atom stereocenters. The number of primary amides is 1. The predicted octanol–water partition coefficient (Wildman–Crippen LogP) is -0.387. The van der Waals surface area contributed by atoms with Crippen molar-refractivity contribution in [3.8, 4) is 0 Å². The second-order valence-corrected chi connectivity index (χ2v) is 4.10. The highest BCUT2D eigenvalue weighted by Gasteiger charge is 2.10. The molecule has 2 aromatic rings. The zero-order chi connectivity index (χ0) is 13.8. The average molecular weight is 264 g/mol. The molecule has 2 rings (SSSR count). The number of rotatable bonds is 6. The van der Waals surface area contributed by atoms with Gasteiger partial charge in [-0.05, 0) is 18.2 Å². The lowest BCUT2D eigenvalue weighted by molar-refractivity contribution is -0.122. The third-order valence-electron chi connectivity index (χ3n) is 2.70. The number of amides is 1. The number of fused-ring (bicyclic) bond motifs is 1. The van der Waals surface area contributed by atoms with E-state index in [-0.39, 0.29) is 13.2 Å². The molecule has 0 fully saturated rings. The largest absolute Gasteiger partial charge is 0.399 e. The van der Waals surface area contributed by atoms with Crippen LogP contribution in [-0.2, 0) is 22.7 Å². The van der Waals surface area contributed by atoms with Gasteiger partial charge in [0.25, 0.3) is 0 Å². The first-order chi connectivity index (χ1) is 9.11. The minimum Gasteiger partial charge on any atom is -0.399 e. The van der Waals surface area contributed by atoms with E-state index in [2.05, 4.69) is 4.98 Å². The maximum Gasteiger partial charge on any atom is 0.243 e. The van der Waals surface area contributed by atoms with Gasteiger partial charge in [0.15, 0.2) is 0 Å². The maximum absolute atomic E-state index is 10.6. The maximum atomic E-state index is 10.6. The van der Waals surface area contributed by atoms with Gasteiger partial charge in [0, 0.05) is 12.2 Å². The first-order valence-electron chi connectivity index (χ1n) is 5.83. The van der Waals surface area contributed by atoms with Crippen molar-refractivity contribution in [2.45, 2.75) is 13.2 Å². The highest BCUT2D eigenvalue weighted by molar-refractivity contribution is 5.79. The Morgan fingerprint density at radius 2 is 2.26 bits per heavy atom. The predicted molar refractivity (Wildman–Crippen MR) is 70.1 cm³/mol. The van der Waals surface area contributed by atoms with Crippen LogP contribution in [0.15, 0.2) is 18.2 Å². The van der Waals surface area contributed by atoms with Crippen molar-refractivity contribution in [3.05, 3.63) is 24.0 Å². The minimum absolute atomic E-state index is 0.117. The van der Waals surface area contributed by atoms with Gasteiger partial charge in [0.05, 0.1) is 17.6 Å². The molecule has 0 bridgehead atoms. The van der Waals surface area contributed by atoms with Crippen molar-refractivity contribution in [1.29, 1.82) is 0 Å². The van der Waals surface area contributed by atoms with Crippen LogP contribution >= 0.6 is 0 Å². The van der Waals surface area contributed by atoms with Crippen LogP contribution in [0, 0.1) is 0 Å². The van der Waals surface area contributed by atoms with Crippen LogP contribution in [0.2, 0.25) is 0 Å². The smallest absolute Gasteiger partial charge is 0.243 e. The Kier molecular flexibility index (Phi) is 3.98. The molecule has 102 valence electrons. The van der Waals surface area contributed by atoms with Crippen molar-refractivity contribution in [2.24, 2.45) is 5.73 Å². The third kappa shape index (κ3) is 3.01. The van der Waals surface area contributed by atoms with E-state index in [9.17, 15) is 9.90 Å². The quantitative estimate of drug-likeness (QED) is 0.485. The van der Waals surface area contributed by atoms with E-state index in [1.165, 1.54) is 0 Å². The average Bonchev–Trinajstić information content (AvgIpc) is 2.71. The molecule has 0 spiro atoms. The SMILES string of the molecule is NC(=O)COCCn1c(CO)nc2cc(N)ccc21. The van der Waals surface area contributed by atoms with Crippen molar-refractivity contribution in [3.63, 3.8) is 0 Å². The normalized spacial score (nSPS) is 11.0. The number of aliphatic hydroxyl groups is 1. The Hall–Kier alpha value is -2.12. The van der Waals surface area contributed by atoms with Crippen LogP contribution in [0.4, 0.5) is 5.69 Å². The third-order valence-corrected chi connectivity index (χ3v) is 2.70. The van der Waals surface area contributed by atoms with E-state index >= 15 is 0 Å². The summed E-state index contributed by atoms with van der Waals surface area (Å²) in [7, 11) is 0. The number of imidazole rings is 1. The van der Waals surface area contributed by atoms with E-state index in [0.717, 1.165) is 11.0 Å². The van der Waals surface area contributed by atoms with Crippen LogP contribution in [0.5, 0.6) is 0 Å². The zero-order valence-corrected chi connectivity index (χ0v) is 10.4. The van der Waals surface area contributed by atoms with Gasteiger partial charge in [0.2, 0.25) is 5.91 Å². The molecule has 5 N–H and O–H groups in total. The van der Waals surface area contributed by atoms with Gasteiger partial charge in [-0.15, -0.1) is 0 Å². The number of anilines is 1. The summed E-state index contributed by atoms with van der Waals surface area (Å²) >= 11 is 0. The Balaban J connectivity index is 2.18. The number of aromatic nitrogens is 2. The van der Waals surface area contributed by atoms with Crippen molar-refractivity contribution in [2.75, 3.05) is 18.9 Å². The fourth-order valence-corrected chi connectivity index (χ4v) is 1.90. The molecule has 19 heavy (non-hydrogen) atoms. The number of ether oxygens (including phenoxy) is 1. The van der Waals surface area contributed by atoms with Gasteiger partial charge in [-0.3, -0.25) is 4.79 Å². The molecule has 7 nitrogen and oxygen atoms in total. The zero-order valence-electron chi connectivity index (χ0n) is 10.4. The molecular weight excluding hydrogens is 248 g/mol. The van der Waals surface area contributed by atoms with Gasteiger partial charge in [-0.25, -0.2) is 4.98 Å². The second-order valence-electron chi connectivity index (χ2n) is 4.10. The molecule has 0 unspecified atom stereocenters. The fraction of sp³-hybridized carbons (Fsp3) is 0.333. The lowest BCUT2D eigenvalue weighted by atomic mass is 10.3. The number of hydrogen-bond donors (Lipinski definition) is 3. The number of carbonyl (C=O) groups excluding carboxylic acids is 1. The van der Waals surface area contributed by atoms with Gasteiger partial charge < -0.3 is 25.9 Å². The molecule has 0 saturated heterocycles. The Morgan fingerprint density at radius 3 is 2.95 bits per heavy atom. The molecule has 1 aromatic heterocycles. The van der Waals surface area contributed by atoms with Gasteiger partial charge in [-0.1, -0.05) is 0 Å². The summed E-state index contributed by atoms with van der Waals surface area (Å²) in [6.07, 6.45) is 0. The molecule has 0 saturated carbocycles. The first kappa shape index (κ1) is 13.3. The summed E-state index contributed by atoms with van der Waals surface area (Å²) in [5, 5.41) is 9.30. The fourth-order valence-electron chi connectivity index (χ4n) is 1.90. The number of nitrogens with two attached hydrogens (primary N) is 2. The Labute approximate surface area is 109 Å². The summed E-state index contributed by atoms with van der Waals surface area (Å²) in [6, 6.07) is 5.35. The lowest BCUT2D eigenvalue weighted by Crippen LogP contribution is -2.20. The first-order valence-corrected chi connectivity index (χ1v) is 5.83. The molecule has 0 aliphatic heterocycles. The summed E-state index contributed by atoms with van der Waals surface area (Å²) in [5.41, 5.74) is 12.9. The molecule has 1 aromatic carbocycles. The Bertz CT molecular complexity index is 594. The van der Waals surface area contributed by atoms with E-state index in [1.54, 1.807) is 12.1 Å². The standard InChI is InChI=1S/C12H16N4O3/c13-8-1-2-10-9(5-8)15-12(6-17)16(10)3-4-19-7-11(14)18/h1-2,5,17H,3-4,6-7,13H2,(H2,14,18). The number of nitrogen functional groups attached to an aromatic ring is 1. The van der Waals surface area contributed by atoms with E-state index in [0.29, 0.717) is 24.7 Å². The number of benzene rings is 1. The second kappa shape index (κ2) is 5.68. The van der Waals surface area contributed by atoms with Crippen LogP contribution in [-0.4, -0.2) is 33.8 Å². The highest BCUT2D eigenvalue weighted by atomic mass is 16.5. The van der Waals surface area contributed by atoms with Gasteiger partial charge >= 0.3 is 0 Å². The molecule has 0 aliphatic carbocycles. The number of aliphatic hydroxyl groups excluding tert-OH is 1. The van der Waals surface area contributed by atoms with Gasteiger partial charge in [-0.2, -0.15) is 0 Å². The van der Waals surface area contributed by atoms with Crippen molar-refractivity contribution in [1.82, 2.24) is 9.55 Å². The molecule has 1 amide bonds. The van der Waals surface area contributed by atoms with Crippen molar-refractivity contribution >= 4 is 22.6 Å². The molecular formula is C12H16N4O3. The number of nitrogens with zero attached hydrogens (tertiary/aromatic N) is 2. The lowest BCUT2D eigenvalue weighted by Gasteiger charge is -2.07. The number of carbonyl (C=O) groups is 1. The molecule has 7 heteroatoms. The Morgan fingerprint density at radius 1 is 1.47 bits per heavy atom. The van der Waals surface area contributed by atoms with E-state index in [1.807, 2.05) is 10.6 Å². The summed E-state index contributed by atoms with van der Waals surface area (Å²) in [6.45, 7) is 0.494. The van der Waals surface area contributed by atoms with Crippen LogP contribution < -0.4 is 11.5 Å². The van der Waals surface area contributed by atoms with Crippen LogP contribution in [0.25, 0.3) is 11.0 Å². The van der Waals surface area contributed by atoms with Crippen molar-refractivity contribution < 1.29 is 14.6 Å². The number of hydrogen-bond acceptors (Lipinski definition) is 5. The topological polar surface area (TPSA) is 116 Å². The molecule has 0 aliphatic rings. The molecule has 0 radical (unpaired) electrons. The van der Waals surface area contributed by atoms with E-state index < -0.39 is 5.91 Å². The monoisotopic (exact) mass is 264 g/mol. The highest BCUT2D eigenvalue weighted by Crippen LogP contribution is 2.19. The summed E-state index contributed by atoms with van der Waals surface area (Å²) < 4.78 is 6.94. The molecule has 1 heterocycles. The van der Waals surface area contributed by atoms with E-state index in [4.69, 9.17) is 16.2 Å². The summed E-state index contributed by atoms with van der Waals surface area (Å²) in [4.78, 5) is 14.8. The van der Waals surface area contributed by atoms with Crippen LogP contribution in [0.3, 0.4) is 0 Å². The van der Waals surface area contributed by atoms with Crippen LogP contribution in [0.1, 0.15) is 5.82 Å².